The number of para-hydroxylation sites is 1. The average molecular weight is 398 g/mol. The normalized spacial score (nSPS) is 15.0. The number of benzene rings is 1. The summed E-state index contributed by atoms with van der Waals surface area (Å²) >= 11 is 1.23. The zero-order valence-electron chi connectivity index (χ0n) is 15.5. The number of fused-ring (bicyclic) bond motifs is 1. The fourth-order valence-corrected chi connectivity index (χ4v) is 4.26. The van der Waals surface area contributed by atoms with E-state index in [0.717, 1.165) is 25.7 Å². The van der Waals surface area contributed by atoms with E-state index in [1.54, 1.807) is 29.0 Å². The van der Waals surface area contributed by atoms with Gasteiger partial charge in [0.05, 0.1) is 29.5 Å². The van der Waals surface area contributed by atoms with E-state index in [1.807, 2.05) is 18.2 Å². The highest BCUT2D eigenvalue weighted by atomic mass is 32.2. The van der Waals surface area contributed by atoms with Crippen molar-refractivity contribution in [3.63, 3.8) is 0 Å². The Morgan fingerprint density at radius 2 is 2.00 bits per heavy atom. The molecule has 7 heteroatoms. The quantitative estimate of drug-likeness (QED) is 0.355. The molecule has 0 unspecified atom stereocenters. The van der Waals surface area contributed by atoms with Gasteiger partial charge in [-0.05, 0) is 49.9 Å². The van der Waals surface area contributed by atoms with E-state index in [9.17, 15) is 9.59 Å². The molecule has 0 aliphatic heterocycles. The molecule has 0 atom stereocenters. The van der Waals surface area contributed by atoms with Crippen molar-refractivity contribution in [1.29, 1.82) is 0 Å². The van der Waals surface area contributed by atoms with Crippen molar-refractivity contribution in [2.45, 2.75) is 49.9 Å². The van der Waals surface area contributed by atoms with Crippen molar-refractivity contribution >= 4 is 28.6 Å². The van der Waals surface area contributed by atoms with Crippen LogP contribution in [0.1, 0.15) is 37.9 Å². The molecule has 0 spiro atoms. The largest absolute Gasteiger partial charge is 0.467 e. The minimum absolute atomic E-state index is 0.0247. The van der Waals surface area contributed by atoms with Gasteiger partial charge in [-0.1, -0.05) is 30.3 Å². The molecule has 1 fully saturated rings. The van der Waals surface area contributed by atoms with E-state index in [1.165, 1.54) is 18.2 Å². The number of hydrogen-bond donors (Lipinski definition) is 0. The number of carbonyl (C=O) groups is 1. The highest BCUT2D eigenvalue weighted by molar-refractivity contribution is 7.99. The van der Waals surface area contributed by atoms with Crippen LogP contribution in [0.15, 0.2) is 57.0 Å². The van der Waals surface area contributed by atoms with Crippen LogP contribution in [0.25, 0.3) is 10.9 Å². The molecule has 1 saturated carbocycles. The molecule has 4 rings (SSSR count). The Bertz CT molecular complexity index is 1010. The van der Waals surface area contributed by atoms with Gasteiger partial charge in [0.1, 0.15) is 11.9 Å². The second-order valence-corrected chi connectivity index (χ2v) is 7.86. The van der Waals surface area contributed by atoms with Gasteiger partial charge in [-0.2, -0.15) is 0 Å². The number of ether oxygens (including phenoxy) is 1. The van der Waals surface area contributed by atoms with E-state index in [4.69, 9.17) is 9.15 Å². The first-order valence-corrected chi connectivity index (χ1v) is 10.5. The number of furan rings is 1. The molecule has 0 N–H and O–H groups in total. The van der Waals surface area contributed by atoms with E-state index in [2.05, 4.69) is 4.98 Å². The minimum Gasteiger partial charge on any atom is -0.467 e. The summed E-state index contributed by atoms with van der Waals surface area (Å²) < 4.78 is 12.5. The summed E-state index contributed by atoms with van der Waals surface area (Å²) in [5, 5.41) is 1.03. The second kappa shape index (κ2) is 8.65. The lowest BCUT2D eigenvalue weighted by Gasteiger charge is -2.21. The van der Waals surface area contributed by atoms with Gasteiger partial charge in [0.2, 0.25) is 0 Å². The van der Waals surface area contributed by atoms with Crippen molar-refractivity contribution in [2.75, 3.05) is 5.75 Å². The maximum absolute atomic E-state index is 13.0. The molecule has 3 aromatic rings. The monoisotopic (exact) mass is 398 g/mol. The SMILES string of the molecule is O=C(CSc1nc2ccccc2c(=O)n1Cc1ccco1)OC1CCCCC1. The van der Waals surface area contributed by atoms with E-state index >= 15 is 0 Å². The van der Waals surface area contributed by atoms with Crippen LogP contribution in [0.2, 0.25) is 0 Å². The Balaban J connectivity index is 1.56. The first-order chi connectivity index (χ1) is 13.7. The van der Waals surface area contributed by atoms with Gasteiger partial charge in [-0.3, -0.25) is 14.2 Å². The van der Waals surface area contributed by atoms with Gasteiger partial charge < -0.3 is 9.15 Å². The molecule has 28 heavy (non-hydrogen) atoms. The van der Waals surface area contributed by atoms with Gasteiger partial charge in [0, 0.05) is 0 Å². The van der Waals surface area contributed by atoms with Crippen LogP contribution in [0.5, 0.6) is 0 Å². The van der Waals surface area contributed by atoms with Crippen molar-refractivity contribution in [2.24, 2.45) is 0 Å². The van der Waals surface area contributed by atoms with Crippen LogP contribution in [-0.2, 0) is 16.1 Å². The first-order valence-electron chi connectivity index (χ1n) is 9.55. The van der Waals surface area contributed by atoms with Crippen LogP contribution >= 0.6 is 11.8 Å². The van der Waals surface area contributed by atoms with Crippen LogP contribution in [0.4, 0.5) is 0 Å². The van der Waals surface area contributed by atoms with Gasteiger partial charge >= 0.3 is 5.97 Å². The van der Waals surface area contributed by atoms with Gasteiger partial charge in [-0.25, -0.2) is 4.98 Å². The van der Waals surface area contributed by atoms with Gasteiger partial charge in [-0.15, -0.1) is 0 Å². The van der Waals surface area contributed by atoms with Crippen LogP contribution in [0.3, 0.4) is 0 Å². The third-order valence-electron chi connectivity index (χ3n) is 4.89. The minimum atomic E-state index is -0.260. The zero-order valence-corrected chi connectivity index (χ0v) is 16.3. The molecule has 1 aliphatic rings. The molecule has 6 nitrogen and oxygen atoms in total. The molecule has 0 bridgehead atoms. The van der Waals surface area contributed by atoms with Crippen molar-refractivity contribution in [1.82, 2.24) is 9.55 Å². The number of nitrogens with zero attached hydrogens (tertiary/aromatic N) is 2. The lowest BCUT2D eigenvalue weighted by atomic mass is 9.98. The standard InChI is InChI=1S/C21H22N2O4S/c24-19(27-15-7-2-1-3-8-15)14-28-21-22-18-11-5-4-10-17(18)20(25)23(21)13-16-9-6-12-26-16/h4-6,9-12,15H,1-3,7-8,13-14H2. The van der Waals surface area contributed by atoms with E-state index in [-0.39, 0.29) is 29.9 Å². The molecule has 0 radical (unpaired) electrons. The zero-order chi connectivity index (χ0) is 19.3. The molecule has 146 valence electrons. The van der Waals surface area contributed by atoms with E-state index < -0.39 is 0 Å². The summed E-state index contributed by atoms with van der Waals surface area (Å²) in [6, 6.07) is 10.8. The Hall–Kier alpha value is -2.54. The first kappa shape index (κ1) is 18.8. The summed E-state index contributed by atoms with van der Waals surface area (Å²) in [7, 11) is 0. The molecule has 2 aromatic heterocycles. The number of hydrogen-bond acceptors (Lipinski definition) is 6. The third-order valence-corrected chi connectivity index (χ3v) is 5.84. The fourth-order valence-electron chi connectivity index (χ4n) is 3.48. The summed E-state index contributed by atoms with van der Waals surface area (Å²) in [4.78, 5) is 29.9. The van der Waals surface area contributed by atoms with Crippen LogP contribution < -0.4 is 5.56 Å². The van der Waals surface area contributed by atoms with Gasteiger partial charge in [0.25, 0.3) is 5.56 Å². The Labute approximate surface area is 166 Å². The highest BCUT2D eigenvalue weighted by Gasteiger charge is 2.19. The number of aromatic nitrogens is 2. The number of esters is 1. The molecule has 2 heterocycles. The Kier molecular flexibility index (Phi) is 5.81. The predicted octanol–water partition coefficient (Wildman–Crippen LogP) is 4.01. The predicted molar refractivity (Wildman–Crippen MR) is 108 cm³/mol. The molecule has 1 aliphatic carbocycles. The summed E-state index contributed by atoms with van der Waals surface area (Å²) in [5.41, 5.74) is 0.469. The van der Waals surface area contributed by atoms with Gasteiger partial charge in [0.15, 0.2) is 5.16 Å². The summed E-state index contributed by atoms with van der Waals surface area (Å²) in [6.07, 6.45) is 6.91. The average Bonchev–Trinajstić information content (AvgIpc) is 3.23. The van der Waals surface area contributed by atoms with Crippen LogP contribution in [0, 0.1) is 0 Å². The van der Waals surface area contributed by atoms with E-state index in [0.29, 0.717) is 21.8 Å². The maximum atomic E-state index is 13.0. The number of rotatable bonds is 6. The maximum Gasteiger partial charge on any atom is 0.316 e. The smallest absolute Gasteiger partial charge is 0.316 e. The fraction of sp³-hybridized carbons (Fsp3) is 0.381. The van der Waals surface area contributed by atoms with Crippen molar-refractivity contribution in [3.05, 3.63) is 58.8 Å². The number of thioether (sulfide) groups is 1. The second-order valence-electron chi connectivity index (χ2n) is 6.92. The lowest BCUT2D eigenvalue weighted by molar-refractivity contribution is -0.147. The number of carbonyl (C=O) groups excluding carboxylic acids is 1. The molecule has 1 aromatic carbocycles. The lowest BCUT2D eigenvalue weighted by Crippen LogP contribution is -2.25. The molecular weight excluding hydrogens is 376 g/mol. The van der Waals surface area contributed by atoms with Crippen molar-refractivity contribution in [3.8, 4) is 0 Å². The Morgan fingerprint density at radius 1 is 1.18 bits per heavy atom. The highest BCUT2D eigenvalue weighted by Crippen LogP contribution is 2.23. The van der Waals surface area contributed by atoms with Crippen molar-refractivity contribution < 1.29 is 13.9 Å². The summed E-state index contributed by atoms with van der Waals surface area (Å²) in [6.45, 7) is 0.268. The third kappa shape index (κ3) is 4.30. The molecular formula is C21H22N2O4S. The van der Waals surface area contributed by atoms with Crippen LogP contribution in [-0.4, -0.2) is 27.4 Å². The summed E-state index contributed by atoms with van der Waals surface area (Å²) in [5.74, 6) is 0.522. The molecule has 0 saturated heterocycles. The topological polar surface area (TPSA) is 74.3 Å². The Morgan fingerprint density at radius 3 is 2.79 bits per heavy atom. The molecule has 0 amide bonds.